The van der Waals surface area contributed by atoms with E-state index >= 15 is 0 Å². The van der Waals surface area contributed by atoms with E-state index in [0.717, 1.165) is 5.56 Å². The highest BCUT2D eigenvalue weighted by molar-refractivity contribution is 5.98. The van der Waals surface area contributed by atoms with Crippen LogP contribution in [0.5, 0.6) is 17.2 Å². The fraction of sp³-hybridized carbons (Fsp3) is 0.235. The lowest BCUT2D eigenvalue weighted by atomic mass is 10.0. The van der Waals surface area contributed by atoms with Gasteiger partial charge in [0.2, 0.25) is 0 Å². The summed E-state index contributed by atoms with van der Waals surface area (Å²) in [5.74, 6) is 0.377. The number of rotatable bonds is 7. The van der Waals surface area contributed by atoms with Gasteiger partial charge in [-0.3, -0.25) is 4.79 Å². The molecule has 0 aliphatic rings. The van der Waals surface area contributed by atoms with Crippen molar-refractivity contribution >= 4 is 5.78 Å². The maximum absolute atomic E-state index is 12.2. The van der Waals surface area contributed by atoms with Crippen molar-refractivity contribution < 1.29 is 24.5 Å². The standard InChI is InChI=1S/C17H18O5/c1-21-11-22-14-7-8-15(17(20)10-14)16(19)9-4-12-2-5-13(18)6-3-12/h2-3,5-8,10,18,20H,4,9,11H2,1H3. The lowest BCUT2D eigenvalue weighted by Gasteiger charge is -2.08. The predicted molar refractivity (Wildman–Crippen MR) is 81.4 cm³/mol. The molecule has 5 nitrogen and oxygen atoms in total. The highest BCUT2D eigenvalue weighted by Crippen LogP contribution is 2.25. The predicted octanol–water partition coefficient (Wildman–Crippen LogP) is 2.90. The molecule has 0 saturated heterocycles. The first-order valence-corrected chi connectivity index (χ1v) is 6.86. The number of phenolic OH excluding ortho intramolecular Hbond substituents is 2. The van der Waals surface area contributed by atoms with E-state index in [1.807, 2.05) is 0 Å². The van der Waals surface area contributed by atoms with Crippen molar-refractivity contribution in [1.29, 1.82) is 0 Å². The Balaban J connectivity index is 1.98. The summed E-state index contributed by atoms with van der Waals surface area (Å²) < 4.78 is 9.96. The molecule has 0 aromatic heterocycles. The van der Waals surface area contributed by atoms with Gasteiger partial charge in [0, 0.05) is 19.6 Å². The molecule has 0 heterocycles. The van der Waals surface area contributed by atoms with Crippen molar-refractivity contribution in [3.05, 3.63) is 53.6 Å². The normalized spacial score (nSPS) is 10.4. The monoisotopic (exact) mass is 302 g/mol. The molecule has 0 fully saturated rings. The largest absolute Gasteiger partial charge is 0.508 e. The van der Waals surface area contributed by atoms with E-state index in [-0.39, 0.29) is 36.1 Å². The molecule has 5 heteroatoms. The quantitative estimate of drug-likeness (QED) is 0.607. The number of hydrogen-bond acceptors (Lipinski definition) is 5. The third-order valence-corrected chi connectivity index (χ3v) is 3.19. The molecule has 116 valence electrons. The summed E-state index contributed by atoms with van der Waals surface area (Å²) in [6, 6.07) is 11.3. The van der Waals surface area contributed by atoms with Crippen LogP contribution in [0.1, 0.15) is 22.3 Å². The molecular weight excluding hydrogens is 284 g/mol. The Hall–Kier alpha value is -2.53. The van der Waals surface area contributed by atoms with Gasteiger partial charge in [-0.1, -0.05) is 12.1 Å². The van der Waals surface area contributed by atoms with Gasteiger partial charge in [0.25, 0.3) is 0 Å². The Morgan fingerprint density at radius 2 is 1.82 bits per heavy atom. The zero-order valence-corrected chi connectivity index (χ0v) is 12.3. The second-order valence-electron chi connectivity index (χ2n) is 4.82. The fourth-order valence-electron chi connectivity index (χ4n) is 2.02. The van der Waals surface area contributed by atoms with Crippen molar-refractivity contribution in [3.63, 3.8) is 0 Å². The SMILES string of the molecule is COCOc1ccc(C(=O)CCc2ccc(O)cc2)c(O)c1. The average molecular weight is 302 g/mol. The summed E-state index contributed by atoms with van der Waals surface area (Å²) in [6.07, 6.45) is 0.817. The minimum absolute atomic E-state index is 0.0770. The van der Waals surface area contributed by atoms with Crippen LogP contribution in [0.15, 0.2) is 42.5 Å². The number of aromatic hydroxyl groups is 2. The molecule has 22 heavy (non-hydrogen) atoms. The van der Waals surface area contributed by atoms with Crippen LogP contribution in [0, 0.1) is 0 Å². The highest BCUT2D eigenvalue weighted by atomic mass is 16.7. The molecule has 0 atom stereocenters. The molecule has 0 spiro atoms. The molecule has 2 rings (SSSR count). The van der Waals surface area contributed by atoms with Crippen LogP contribution < -0.4 is 4.74 Å². The average Bonchev–Trinajstić information content (AvgIpc) is 2.52. The number of Topliss-reactive ketones (excluding diaryl/α,β-unsaturated/α-hetero) is 1. The third-order valence-electron chi connectivity index (χ3n) is 3.19. The molecule has 2 aromatic rings. The molecule has 0 unspecified atom stereocenters. The molecule has 0 radical (unpaired) electrons. The van der Waals surface area contributed by atoms with E-state index in [1.165, 1.54) is 13.2 Å². The van der Waals surface area contributed by atoms with E-state index in [2.05, 4.69) is 0 Å². The van der Waals surface area contributed by atoms with Crippen molar-refractivity contribution in [3.8, 4) is 17.2 Å². The maximum Gasteiger partial charge on any atom is 0.188 e. The molecule has 2 N–H and O–H groups in total. The van der Waals surface area contributed by atoms with Gasteiger partial charge in [-0.25, -0.2) is 0 Å². The molecule has 0 bridgehead atoms. The summed E-state index contributed by atoms with van der Waals surface area (Å²) >= 11 is 0. The number of benzene rings is 2. The molecule has 0 aliphatic heterocycles. The number of phenols is 2. The van der Waals surface area contributed by atoms with Gasteiger partial charge in [-0.05, 0) is 36.2 Å². The van der Waals surface area contributed by atoms with Crippen LogP contribution in [0.2, 0.25) is 0 Å². The number of ether oxygens (including phenoxy) is 2. The first-order chi connectivity index (χ1) is 10.6. The number of methoxy groups -OCH3 is 1. The molecular formula is C17H18O5. The molecule has 0 aliphatic carbocycles. The third kappa shape index (κ3) is 4.23. The maximum atomic E-state index is 12.2. The van der Waals surface area contributed by atoms with E-state index in [0.29, 0.717) is 12.2 Å². The minimum atomic E-state index is -0.149. The van der Waals surface area contributed by atoms with Gasteiger partial charge >= 0.3 is 0 Å². The van der Waals surface area contributed by atoms with Crippen molar-refractivity contribution in [2.24, 2.45) is 0 Å². The fourth-order valence-corrected chi connectivity index (χ4v) is 2.02. The first-order valence-electron chi connectivity index (χ1n) is 6.86. The summed E-state index contributed by atoms with van der Waals surface area (Å²) in [4.78, 5) is 12.2. The number of ketones is 1. The smallest absolute Gasteiger partial charge is 0.188 e. The van der Waals surface area contributed by atoms with Crippen LogP contribution in [-0.2, 0) is 11.2 Å². The summed E-state index contributed by atoms with van der Waals surface area (Å²) in [5, 5.41) is 19.1. The lowest BCUT2D eigenvalue weighted by molar-refractivity contribution is 0.0510. The topological polar surface area (TPSA) is 76.0 Å². The zero-order valence-electron chi connectivity index (χ0n) is 12.3. The van der Waals surface area contributed by atoms with Crippen LogP contribution in [-0.4, -0.2) is 29.9 Å². The number of carbonyl (C=O) groups is 1. The minimum Gasteiger partial charge on any atom is -0.508 e. The van der Waals surface area contributed by atoms with Gasteiger partial charge in [-0.15, -0.1) is 0 Å². The van der Waals surface area contributed by atoms with Crippen LogP contribution in [0.3, 0.4) is 0 Å². The van der Waals surface area contributed by atoms with E-state index in [1.54, 1.807) is 36.4 Å². The summed E-state index contributed by atoms with van der Waals surface area (Å²) in [5.41, 5.74) is 1.22. The van der Waals surface area contributed by atoms with E-state index < -0.39 is 0 Å². The number of hydrogen-bond donors (Lipinski definition) is 2. The van der Waals surface area contributed by atoms with E-state index in [4.69, 9.17) is 9.47 Å². The highest BCUT2D eigenvalue weighted by Gasteiger charge is 2.12. The Kier molecular flexibility index (Phi) is 5.38. The molecule has 0 amide bonds. The molecule has 2 aromatic carbocycles. The van der Waals surface area contributed by atoms with Crippen LogP contribution >= 0.6 is 0 Å². The Bertz CT molecular complexity index is 634. The van der Waals surface area contributed by atoms with Crippen LogP contribution in [0.4, 0.5) is 0 Å². The van der Waals surface area contributed by atoms with Gasteiger partial charge in [0.05, 0.1) is 5.56 Å². The second-order valence-corrected chi connectivity index (χ2v) is 4.82. The summed E-state index contributed by atoms with van der Waals surface area (Å²) in [6.45, 7) is 0.0770. The second kappa shape index (κ2) is 7.47. The van der Waals surface area contributed by atoms with Gasteiger partial charge in [0.15, 0.2) is 12.6 Å². The zero-order chi connectivity index (χ0) is 15.9. The van der Waals surface area contributed by atoms with Crippen molar-refractivity contribution in [1.82, 2.24) is 0 Å². The van der Waals surface area contributed by atoms with Gasteiger partial charge in [0.1, 0.15) is 17.2 Å². The van der Waals surface area contributed by atoms with Gasteiger partial charge < -0.3 is 19.7 Å². The van der Waals surface area contributed by atoms with Crippen molar-refractivity contribution in [2.45, 2.75) is 12.8 Å². The first kappa shape index (κ1) is 15.9. The Morgan fingerprint density at radius 3 is 2.45 bits per heavy atom. The number of carbonyl (C=O) groups excluding carboxylic acids is 1. The lowest BCUT2D eigenvalue weighted by Crippen LogP contribution is -2.03. The summed E-state index contributed by atoms with van der Waals surface area (Å²) in [7, 11) is 1.50. The Labute approximate surface area is 128 Å². The van der Waals surface area contributed by atoms with E-state index in [9.17, 15) is 15.0 Å². The molecule has 0 saturated carbocycles. The van der Waals surface area contributed by atoms with Gasteiger partial charge in [-0.2, -0.15) is 0 Å². The van der Waals surface area contributed by atoms with Crippen molar-refractivity contribution in [2.75, 3.05) is 13.9 Å². The van der Waals surface area contributed by atoms with Crippen LogP contribution in [0.25, 0.3) is 0 Å². The Morgan fingerprint density at radius 1 is 1.09 bits per heavy atom. The number of aryl methyl sites for hydroxylation is 1.